The summed E-state index contributed by atoms with van der Waals surface area (Å²) in [5, 5.41) is 3.42. The fraction of sp³-hybridized carbons (Fsp3) is 0. The summed E-state index contributed by atoms with van der Waals surface area (Å²) in [7, 11) is -8.88. The van der Waals surface area contributed by atoms with Gasteiger partial charge < -0.3 is 9.47 Å². The van der Waals surface area contributed by atoms with Gasteiger partial charge in [0.15, 0.2) is 90.8 Å². The van der Waals surface area contributed by atoms with Gasteiger partial charge in [-0.2, -0.15) is 0 Å². The Labute approximate surface area is 783 Å². The Hall–Kier alpha value is -13.5. The summed E-state index contributed by atoms with van der Waals surface area (Å²) in [6.07, 6.45) is 0. The van der Waals surface area contributed by atoms with Crippen LogP contribution < -0.4 is 9.47 Å². The molecular weight excluding hydrogens is 1900 g/mol. The Balaban J connectivity index is 0.000000104. The van der Waals surface area contributed by atoms with Crippen LogP contribution in [-0.2, 0) is 64.2 Å². The van der Waals surface area contributed by atoms with Crippen molar-refractivity contribution in [1.29, 1.82) is 0 Å². The first-order valence-corrected chi connectivity index (χ1v) is 51.1. The van der Waals surface area contributed by atoms with Gasteiger partial charge in [0.2, 0.25) is 29.4 Å². The number of hydrogen-bond donors (Lipinski definition) is 0. The highest BCUT2D eigenvalue weighted by molar-refractivity contribution is 8.01. The molecule has 0 aliphatic carbocycles. The van der Waals surface area contributed by atoms with Crippen LogP contribution in [0.1, 0.15) is 0 Å². The lowest BCUT2D eigenvalue weighted by molar-refractivity contribution is 0.442. The van der Waals surface area contributed by atoms with E-state index in [0.29, 0.717) is 63.1 Å². The van der Waals surface area contributed by atoms with Crippen LogP contribution >= 0.6 is 20.9 Å². The molecule has 0 bridgehead atoms. The first-order chi connectivity index (χ1) is 65.3. The van der Waals surface area contributed by atoms with Crippen LogP contribution in [0.15, 0.2) is 467 Å². The van der Waals surface area contributed by atoms with Crippen molar-refractivity contribution >= 4 is 126 Å². The third-order valence-electron chi connectivity index (χ3n) is 21.7. The molecule has 0 amide bonds. The molecule has 0 saturated carbocycles. The first kappa shape index (κ1) is 90.7. The number of fused-ring (bicyclic) bond motifs is 14. The van der Waals surface area contributed by atoms with Crippen molar-refractivity contribution < 1.29 is 83.6 Å². The molecule has 0 fully saturated rings. The second-order valence-electron chi connectivity index (χ2n) is 30.3. The molecule has 0 unspecified atom stereocenters. The molecule has 6 heterocycles. The topological polar surface area (TPSA) is 69.7 Å². The summed E-state index contributed by atoms with van der Waals surface area (Å²) in [4.78, 5) is 12.1. The molecule has 0 saturated heterocycles. The fourth-order valence-corrected chi connectivity index (χ4v) is 34.0. The van der Waals surface area contributed by atoms with E-state index in [4.69, 9.17) is 9.47 Å². The number of thiophene rings is 2. The number of halogens is 14. The van der Waals surface area contributed by atoms with Crippen LogP contribution in [0, 0.1) is 81.4 Å². The number of benzene rings is 18. The minimum atomic E-state index is -3.80. The average Bonchev–Trinajstić information content (AvgIpc) is 1.73. The van der Waals surface area contributed by atoms with E-state index < -0.39 is 108 Å². The Bertz CT molecular complexity index is 7790. The minimum absolute atomic E-state index is 0.0789. The van der Waals surface area contributed by atoms with Crippen molar-refractivity contribution in [2.24, 2.45) is 0 Å². The van der Waals surface area contributed by atoms with Crippen molar-refractivity contribution in [1.82, 2.24) is 0 Å². The van der Waals surface area contributed by atoms with Gasteiger partial charge in [-0.15, -0.1) is 0 Å². The number of hydrogen-bond acceptors (Lipinski definition) is 5. The van der Waals surface area contributed by atoms with Crippen molar-refractivity contribution in [3.8, 4) is 32.8 Å². The van der Waals surface area contributed by atoms with E-state index >= 15 is 0 Å². The van der Waals surface area contributed by atoms with Gasteiger partial charge in [0.25, 0.3) is 0 Å². The lowest BCUT2D eigenvalue weighted by Gasteiger charge is -2.19. The maximum absolute atomic E-state index is 13.8. The van der Waals surface area contributed by atoms with E-state index in [0.717, 1.165) is 90.7 Å². The van der Waals surface area contributed by atoms with Crippen molar-refractivity contribution in [3.63, 3.8) is 0 Å². The van der Waals surface area contributed by atoms with Gasteiger partial charge in [-0.05, 0) is 218 Å². The van der Waals surface area contributed by atoms with Gasteiger partial charge in [0.1, 0.15) is 145 Å². The Morgan fingerprint density at radius 1 is 0.200 bits per heavy atom. The molecule has 0 spiro atoms. The summed E-state index contributed by atoms with van der Waals surface area (Å²) >= 11 is 0. The largest absolute Gasteiger partial charge is 0.447 e. The standard InChI is InChI=1S/C18H10F3OS.C18H10F3S.C18H11F2O2S2.C18H11F2OS2.C18H11F2OS.C18H11F2S/c19-11-1-5-14(6-2-11)23-17-7-3-12(20)9-15(17)22-16-10-13(21)4-8-18(16)23;19-11-1-5-14(6-2-11)22-17-7-3-12(20)9-15(17)16-10-13(21)4-8-18(16)22;19-12-6-8-17-15(10-12)23(14-4-2-1-3-5-14)16-11-13(20)7-9-18(16)24(17,21)22;19-12-6-8-15-17(10-12)22(14-4-2-1-3-5-14)18-11-13(20)7-9-16(18)23(15)21;19-12-6-8-15-17(10-12)22(14-4-2-1-3-5-14)18-11-13(20)7-9-16(18)21-15;19-12-6-8-15-16-9-7-13(20)11-18(16)21(17(15)10-12)14-4-2-1-3-5-14/h1-10H;1-10H;1-11H;1-11H;1-11H;1-11H/q6*+1. The molecule has 4 aliphatic rings. The molecule has 0 N–H and O–H groups in total. The lowest BCUT2D eigenvalue weighted by Crippen LogP contribution is -2.20. The molecular formula is C108H64F14O5S8+6. The van der Waals surface area contributed by atoms with Crippen LogP contribution in [0.5, 0.6) is 23.0 Å². The van der Waals surface area contributed by atoms with Gasteiger partial charge in [0, 0.05) is 129 Å². The summed E-state index contributed by atoms with van der Waals surface area (Å²) in [6, 6.07) is 103. The molecule has 0 radical (unpaired) electrons. The van der Waals surface area contributed by atoms with E-state index in [2.05, 4.69) is 0 Å². The summed E-state index contributed by atoms with van der Waals surface area (Å²) in [5.41, 5.74) is 0. The van der Waals surface area contributed by atoms with Gasteiger partial charge >= 0.3 is 0 Å². The summed E-state index contributed by atoms with van der Waals surface area (Å²) < 4.78 is 244. The average molecular weight is 1960 g/mol. The molecule has 0 atom stereocenters. The molecule has 18 aromatic carbocycles. The molecule has 4 aliphatic heterocycles. The fourth-order valence-electron chi connectivity index (χ4n) is 15.9. The highest BCUT2D eigenvalue weighted by Gasteiger charge is 2.48. The predicted molar refractivity (Wildman–Crippen MR) is 506 cm³/mol. The van der Waals surface area contributed by atoms with E-state index in [1.54, 1.807) is 97.1 Å². The van der Waals surface area contributed by atoms with Crippen molar-refractivity contribution in [3.05, 3.63) is 470 Å². The highest BCUT2D eigenvalue weighted by atomic mass is 32.2. The van der Waals surface area contributed by atoms with Crippen LogP contribution in [-0.4, -0.2) is 12.6 Å². The highest BCUT2D eigenvalue weighted by Crippen LogP contribution is 2.54. The second kappa shape index (κ2) is 38.5. The maximum atomic E-state index is 13.8. The van der Waals surface area contributed by atoms with E-state index in [9.17, 15) is 74.1 Å². The van der Waals surface area contributed by atoms with Gasteiger partial charge in [0.05, 0.1) is 21.6 Å². The van der Waals surface area contributed by atoms with E-state index in [-0.39, 0.29) is 68.0 Å². The number of rotatable bonds is 6. The number of ether oxygens (including phenoxy) is 2. The summed E-state index contributed by atoms with van der Waals surface area (Å²) in [6.45, 7) is 0. The third kappa shape index (κ3) is 18.5. The normalized spacial score (nSPS) is 14.0. The lowest BCUT2D eigenvalue weighted by atomic mass is 10.1. The van der Waals surface area contributed by atoms with E-state index in [1.165, 1.54) is 158 Å². The summed E-state index contributed by atoms with van der Waals surface area (Å²) in [5.74, 6) is -3.18. The number of sulfone groups is 1. The Morgan fingerprint density at radius 3 is 0.881 bits per heavy atom. The smallest absolute Gasteiger partial charge is 0.216 e. The van der Waals surface area contributed by atoms with Crippen molar-refractivity contribution in [2.45, 2.75) is 78.3 Å². The molecule has 135 heavy (non-hydrogen) atoms. The van der Waals surface area contributed by atoms with Gasteiger partial charge in [-0.3, -0.25) is 0 Å². The molecule has 24 rings (SSSR count). The Morgan fingerprint density at radius 2 is 0.467 bits per heavy atom. The van der Waals surface area contributed by atoms with Crippen LogP contribution in [0.2, 0.25) is 0 Å². The first-order valence-electron chi connectivity index (χ1n) is 41.1. The monoisotopic (exact) mass is 1960 g/mol. The predicted octanol–water partition coefficient (Wildman–Crippen LogP) is 31.4. The second-order valence-corrected chi connectivity index (χ2v) is 45.3. The SMILES string of the molecule is Fc1ccc(-[s+]2c3ccc(F)cc3c3cc(F)ccc32)cc1.Fc1ccc([S+]2c3ccc(F)cc3Oc3cc(F)ccc32)cc1.Fc1ccc2c(c1)[S+](c1ccccc1)c1cc(F)ccc1O2.Fc1ccc2c3ccc(F)cc3[s+](-c3ccccc3)c2c1.O=S1(=O)c2ccc(F)cc2[S+](c2ccccc2)c2cc(F)ccc21.O=S1c2ccc(F)cc2[S+](c2ccccc2)c2cc(F)ccc21. The molecule has 2 aromatic heterocycles. The van der Waals surface area contributed by atoms with Crippen molar-refractivity contribution in [2.75, 3.05) is 0 Å². The van der Waals surface area contributed by atoms with Gasteiger partial charge in [-0.1, -0.05) is 72.8 Å². The van der Waals surface area contributed by atoms with Gasteiger partial charge in [-0.25, -0.2) is 74.1 Å². The molecule has 666 valence electrons. The Kier molecular flexibility index (Phi) is 25.8. The molecule has 27 heteroatoms. The maximum Gasteiger partial charge on any atom is 0.216 e. The van der Waals surface area contributed by atoms with E-state index in [1.807, 2.05) is 121 Å². The molecule has 5 nitrogen and oxygen atoms in total. The minimum Gasteiger partial charge on any atom is -0.447 e. The zero-order valence-corrected chi connectivity index (χ0v) is 76.1. The zero-order chi connectivity index (χ0) is 93.6. The van der Waals surface area contributed by atoms with Crippen LogP contribution in [0.3, 0.4) is 0 Å². The van der Waals surface area contributed by atoms with Crippen LogP contribution in [0.25, 0.3) is 50.1 Å². The quantitative estimate of drug-likeness (QED) is 0.0943. The molecule has 20 aromatic rings. The van der Waals surface area contributed by atoms with Crippen LogP contribution in [0.4, 0.5) is 61.5 Å². The zero-order valence-electron chi connectivity index (χ0n) is 69.5. The third-order valence-corrected chi connectivity index (χ3v) is 39.4.